The van der Waals surface area contributed by atoms with E-state index in [4.69, 9.17) is 0 Å². The molecule has 4 heterocycles. The first-order valence-electron chi connectivity index (χ1n) is 7.72. The van der Waals surface area contributed by atoms with Crippen molar-refractivity contribution in [1.29, 1.82) is 0 Å². The fourth-order valence-electron chi connectivity index (χ4n) is 2.44. The van der Waals surface area contributed by atoms with E-state index < -0.39 is 0 Å². The van der Waals surface area contributed by atoms with Crippen molar-refractivity contribution < 1.29 is 0 Å². The van der Waals surface area contributed by atoms with Crippen molar-refractivity contribution in [2.45, 2.75) is 19.9 Å². The Bertz CT molecular complexity index is 957. The summed E-state index contributed by atoms with van der Waals surface area (Å²) in [5.41, 5.74) is 1.91. The Morgan fingerprint density at radius 1 is 1.12 bits per heavy atom. The van der Waals surface area contributed by atoms with Crippen LogP contribution in [0.5, 0.6) is 0 Å². The Morgan fingerprint density at radius 2 is 2.08 bits per heavy atom. The molecule has 24 heavy (non-hydrogen) atoms. The Kier molecular flexibility index (Phi) is 3.62. The van der Waals surface area contributed by atoms with Gasteiger partial charge in [-0.1, -0.05) is 13.0 Å². The Morgan fingerprint density at radius 3 is 2.92 bits per heavy atom. The van der Waals surface area contributed by atoms with Crippen LogP contribution in [-0.2, 0) is 13.0 Å². The van der Waals surface area contributed by atoms with E-state index in [1.165, 1.54) is 6.33 Å². The third kappa shape index (κ3) is 2.81. The highest BCUT2D eigenvalue weighted by atomic mass is 15.4. The summed E-state index contributed by atoms with van der Waals surface area (Å²) in [4.78, 5) is 12.9. The molecule has 0 saturated heterocycles. The summed E-state index contributed by atoms with van der Waals surface area (Å²) in [6.07, 6.45) is 6.01. The summed E-state index contributed by atoms with van der Waals surface area (Å²) >= 11 is 0. The highest BCUT2D eigenvalue weighted by Crippen LogP contribution is 2.16. The average molecular weight is 320 g/mol. The van der Waals surface area contributed by atoms with Crippen LogP contribution in [0.3, 0.4) is 0 Å². The number of nitrogens with one attached hydrogen (secondary N) is 1. The van der Waals surface area contributed by atoms with Gasteiger partial charge in [-0.3, -0.25) is 9.67 Å². The molecule has 4 rings (SSSR count). The minimum absolute atomic E-state index is 0.574. The van der Waals surface area contributed by atoms with Crippen molar-refractivity contribution in [3.05, 3.63) is 60.4 Å². The molecule has 0 aromatic carbocycles. The second kappa shape index (κ2) is 6.07. The molecule has 0 bridgehead atoms. The number of aryl methyl sites for hydroxylation is 1. The monoisotopic (exact) mass is 320 g/mol. The van der Waals surface area contributed by atoms with Gasteiger partial charge in [0.05, 0.1) is 12.2 Å². The number of hydrogen-bond donors (Lipinski definition) is 1. The number of rotatable bonds is 5. The first-order chi connectivity index (χ1) is 11.8. The zero-order chi connectivity index (χ0) is 16.4. The summed E-state index contributed by atoms with van der Waals surface area (Å²) in [6.45, 7) is 2.68. The lowest BCUT2D eigenvalue weighted by Crippen LogP contribution is -2.06. The predicted molar refractivity (Wildman–Crippen MR) is 89.0 cm³/mol. The van der Waals surface area contributed by atoms with E-state index in [1.807, 2.05) is 41.2 Å². The summed E-state index contributed by atoms with van der Waals surface area (Å²) in [7, 11) is 0. The fraction of sp³-hybridized carbons (Fsp3) is 0.188. The Hall–Kier alpha value is -3.29. The number of pyridine rings is 1. The normalized spacial score (nSPS) is 11.0. The van der Waals surface area contributed by atoms with Gasteiger partial charge in [0.25, 0.3) is 5.78 Å². The lowest BCUT2D eigenvalue weighted by Gasteiger charge is -2.07. The Balaban J connectivity index is 1.59. The quantitative estimate of drug-likeness (QED) is 0.606. The highest BCUT2D eigenvalue weighted by molar-refractivity contribution is 5.54. The maximum Gasteiger partial charge on any atom is 0.254 e. The van der Waals surface area contributed by atoms with Crippen LogP contribution >= 0.6 is 0 Å². The molecule has 0 aliphatic heterocycles. The van der Waals surface area contributed by atoms with Crippen molar-refractivity contribution in [2.24, 2.45) is 0 Å². The van der Waals surface area contributed by atoms with Crippen molar-refractivity contribution in [3.63, 3.8) is 0 Å². The van der Waals surface area contributed by atoms with E-state index in [9.17, 15) is 0 Å². The van der Waals surface area contributed by atoms with Crippen LogP contribution in [0.4, 0.5) is 11.6 Å². The molecule has 0 unspecified atom stereocenters. The third-order valence-electron chi connectivity index (χ3n) is 3.61. The lowest BCUT2D eigenvalue weighted by atomic mass is 10.3. The van der Waals surface area contributed by atoms with Crippen molar-refractivity contribution >= 4 is 17.4 Å². The van der Waals surface area contributed by atoms with E-state index in [0.717, 1.165) is 29.4 Å². The molecule has 0 amide bonds. The molecule has 1 N–H and O–H groups in total. The molecule has 4 aromatic heterocycles. The first kappa shape index (κ1) is 14.3. The number of anilines is 2. The minimum Gasteiger partial charge on any atom is -0.323 e. The molecule has 120 valence electrons. The van der Waals surface area contributed by atoms with E-state index in [1.54, 1.807) is 10.7 Å². The topological polar surface area (TPSA) is 85.8 Å². The van der Waals surface area contributed by atoms with Gasteiger partial charge in [-0.2, -0.15) is 19.7 Å². The maximum atomic E-state index is 4.53. The van der Waals surface area contributed by atoms with Crippen LogP contribution in [0.15, 0.2) is 49.1 Å². The first-order valence-corrected chi connectivity index (χ1v) is 7.72. The SMILES string of the molecule is CCc1cc(Nc2ccn(Cc3ccccn3)n2)n2ncnc2n1. The smallest absolute Gasteiger partial charge is 0.254 e. The van der Waals surface area contributed by atoms with Crippen LogP contribution < -0.4 is 5.32 Å². The minimum atomic E-state index is 0.574. The van der Waals surface area contributed by atoms with E-state index in [-0.39, 0.29) is 0 Å². The maximum absolute atomic E-state index is 4.53. The molecule has 8 heteroatoms. The summed E-state index contributed by atoms with van der Waals surface area (Å²) in [5.74, 6) is 2.10. The van der Waals surface area contributed by atoms with Gasteiger partial charge in [0.15, 0.2) is 5.82 Å². The number of fused-ring (bicyclic) bond motifs is 1. The van der Waals surface area contributed by atoms with Gasteiger partial charge < -0.3 is 5.32 Å². The zero-order valence-electron chi connectivity index (χ0n) is 13.2. The summed E-state index contributed by atoms with van der Waals surface area (Å²) in [5, 5.41) is 12.0. The standard InChI is InChI=1S/C16H16N8/c1-2-12-9-15(24-16(20-12)18-11-19-24)21-14-6-8-23(22-14)10-13-5-3-4-7-17-13/h3-9,11H,2,10H2,1H3,(H,21,22). The third-order valence-corrected chi connectivity index (χ3v) is 3.61. The number of nitrogens with zero attached hydrogens (tertiary/aromatic N) is 7. The van der Waals surface area contributed by atoms with Crippen LogP contribution in [0, 0.1) is 0 Å². The van der Waals surface area contributed by atoms with Crippen LogP contribution in [0.1, 0.15) is 18.3 Å². The lowest BCUT2D eigenvalue weighted by molar-refractivity contribution is 0.675. The number of aromatic nitrogens is 7. The molecular weight excluding hydrogens is 304 g/mol. The van der Waals surface area contributed by atoms with Crippen LogP contribution in [0.2, 0.25) is 0 Å². The average Bonchev–Trinajstić information content (AvgIpc) is 3.25. The molecule has 0 aliphatic rings. The highest BCUT2D eigenvalue weighted by Gasteiger charge is 2.08. The molecular formula is C16H16N8. The summed E-state index contributed by atoms with van der Waals surface area (Å²) in [6, 6.07) is 9.72. The number of hydrogen-bond acceptors (Lipinski definition) is 6. The van der Waals surface area contributed by atoms with Gasteiger partial charge in [0.2, 0.25) is 0 Å². The van der Waals surface area contributed by atoms with Crippen molar-refractivity contribution in [1.82, 2.24) is 34.3 Å². The van der Waals surface area contributed by atoms with Crippen LogP contribution in [0.25, 0.3) is 5.78 Å². The zero-order valence-corrected chi connectivity index (χ0v) is 13.2. The largest absolute Gasteiger partial charge is 0.323 e. The van der Waals surface area contributed by atoms with Crippen molar-refractivity contribution in [2.75, 3.05) is 5.32 Å². The fourth-order valence-corrected chi connectivity index (χ4v) is 2.44. The van der Waals surface area contributed by atoms with Crippen LogP contribution in [-0.4, -0.2) is 34.3 Å². The van der Waals surface area contributed by atoms with Gasteiger partial charge in [0.1, 0.15) is 12.1 Å². The molecule has 0 aliphatic carbocycles. The van der Waals surface area contributed by atoms with E-state index in [0.29, 0.717) is 12.3 Å². The van der Waals surface area contributed by atoms with Crippen molar-refractivity contribution in [3.8, 4) is 0 Å². The van der Waals surface area contributed by atoms with Gasteiger partial charge >= 0.3 is 0 Å². The molecule has 0 spiro atoms. The predicted octanol–water partition coefficient (Wildman–Crippen LogP) is 2.07. The van der Waals surface area contributed by atoms with E-state index >= 15 is 0 Å². The second-order valence-corrected chi connectivity index (χ2v) is 5.30. The molecule has 0 atom stereocenters. The Labute approximate surface area is 138 Å². The molecule has 8 nitrogen and oxygen atoms in total. The molecule has 0 fully saturated rings. The second-order valence-electron chi connectivity index (χ2n) is 5.30. The van der Waals surface area contributed by atoms with Gasteiger partial charge in [-0.25, -0.2) is 4.98 Å². The van der Waals surface area contributed by atoms with Gasteiger partial charge in [0, 0.05) is 30.2 Å². The summed E-state index contributed by atoms with van der Waals surface area (Å²) < 4.78 is 3.50. The van der Waals surface area contributed by atoms with E-state index in [2.05, 4.69) is 37.4 Å². The van der Waals surface area contributed by atoms with Gasteiger partial charge in [-0.05, 0) is 18.6 Å². The van der Waals surface area contributed by atoms with Gasteiger partial charge in [-0.15, -0.1) is 0 Å². The molecule has 4 aromatic rings. The molecule has 0 saturated carbocycles. The molecule has 0 radical (unpaired) electrons.